The number of fused-ring (bicyclic) bond motifs is 5. The maximum atomic E-state index is 12.6. The maximum absolute atomic E-state index is 12.6. The first kappa shape index (κ1) is 37.7. The second-order valence-electron chi connectivity index (χ2n) is 16.5. The van der Waals surface area contributed by atoms with Gasteiger partial charge in [0.1, 0.15) is 19.3 Å². The van der Waals surface area contributed by atoms with Gasteiger partial charge in [0, 0.05) is 6.42 Å². The molecule has 44 heavy (non-hydrogen) atoms. The number of carbonyl (C=O) groups is 1. The van der Waals surface area contributed by atoms with Gasteiger partial charge in [0.15, 0.2) is 0 Å². The highest BCUT2D eigenvalue weighted by atomic mass is 31.2. The smallest absolute Gasteiger partial charge is 0.472 e. The lowest BCUT2D eigenvalue weighted by Crippen LogP contribution is -2.51. The number of hydrogen-bond acceptors (Lipinski definition) is 6. The van der Waals surface area contributed by atoms with Gasteiger partial charge in [-0.1, -0.05) is 65.5 Å². The molecular weight excluding hydrogens is 577 g/mol. The molecule has 2 N–H and O–H groups in total. The highest BCUT2D eigenvalue weighted by Crippen LogP contribution is 2.67. The predicted molar refractivity (Wildman–Crippen MR) is 174 cm³/mol. The zero-order chi connectivity index (χ0) is 31.6. The summed E-state index contributed by atoms with van der Waals surface area (Å²) in [6.07, 6.45) is 15.9. The topological polar surface area (TPSA) is 112 Å². The summed E-state index contributed by atoms with van der Waals surface area (Å²) in [5.74, 6) is 4.50. The van der Waals surface area contributed by atoms with Gasteiger partial charge in [-0.2, -0.15) is 0 Å². The molecule has 3 fully saturated rings. The van der Waals surface area contributed by atoms with Gasteiger partial charge in [0.2, 0.25) is 0 Å². The van der Waals surface area contributed by atoms with Gasteiger partial charge in [-0.05, 0) is 91.3 Å². The number of ether oxygens (including phenoxy) is 1. The molecule has 0 aliphatic heterocycles. The molecule has 0 saturated heterocycles. The van der Waals surface area contributed by atoms with E-state index in [2.05, 4.69) is 40.7 Å². The Kier molecular flexibility index (Phi) is 12.8. The van der Waals surface area contributed by atoms with E-state index in [-0.39, 0.29) is 42.6 Å². The largest absolute Gasteiger partial charge is 0.870 e. The molecule has 0 bridgehead atoms. The van der Waals surface area contributed by atoms with Crippen LogP contribution in [0.2, 0.25) is 0 Å². The molecule has 4 aliphatic carbocycles. The number of likely N-dealkylation sites (N-methyl/N-ethyl adjacent to an activating group) is 1. The first-order chi connectivity index (χ1) is 20.0. The van der Waals surface area contributed by atoms with Gasteiger partial charge < -0.3 is 19.6 Å². The van der Waals surface area contributed by atoms with Crippen LogP contribution in [0.5, 0.6) is 0 Å². The monoisotopic (exact) mass is 641 g/mol. The first-order valence-electron chi connectivity index (χ1n) is 17.4. The third-order valence-corrected chi connectivity index (χ3v) is 13.2. The van der Waals surface area contributed by atoms with E-state index in [1.54, 1.807) is 0 Å². The van der Waals surface area contributed by atoms with Crippen molar-refractivity contribution in [3.05, 3.63) is 11.6 Å². The summed E-state index contributed by atoms with van der Waals surface area (Å²) < 4.78 is 28.7. The summed E-state index contributed by atoms with van der Waals surface area (Å²) >= 11 is 0. The molecule has 8 nitrogen and oxygen atoms in total. The first-order valence-corrected chi connectivity index (χ1v) is 18.8. The molecule has 9 atom stereocenters. The van der Waals surface area contributed by atoms with Crippen LogP contribution in [0.4, 0.5) is 0 Å². The molecule has 0 amide bonds. The van der Waals surface area contributed by atoms with E-state index in [9.17, 15) is 14.3 Å². The van der Waals surface area contributed by atoms with E-state index in [1.807, 2.05) is 21.1 Å². The van der Waals surface area contributed by atoms with Gasteiger partial charge >= 0.3 is 13.8 Å². The maximum Gasteiger partial charge on any atom is 0.472 e. The molecule has 0 spiro atoms. The normalized spacial score (nSPS) is 35.4. The quantitative estimate of drug-likeness (QED) is 0.0885. The zero-order valence-corrected chi connectivity index (χ0v) is 29.9. The van der Waals surface area contributed by atoms with Crippen molar-refractivity contribution in [2.75, 3.05) is 40.9 Å². The van der Waals surface area contributed by atoms with Gasteiger partial charge in [-0.3, -0.25) is 13.8 Å². The number of phosphoric acid groups is 1. The second kappa shape index (κ2) is 15.0. The number of allylic oxidation sites excluding steroid dienone is 1. The second-order valence-corrected chi connectivity index (χ2v) is 18.0. The Labute approximate surface area is 268 Å². The van der Waals surface area contributed by atoms with Crippen molar-refractivity contribution in [2.45, 2.75) is 118 Å². The molecule has 1 unspecified atom stereocenters. The van der Waals surface area contributed by atoms with Crippen molar-refractivity contribution in [1.82, 2.24) is 0 Å². The summed E-state index contributed by atoms with van der Waals surface area (Å²) in [7, 11) is 1.75. The van der Waals surface area contributed by atoms with Crippen LogP contribution in [0.1, 0.15) is 112 Å². The number of phosphoric ester groups is 1. The van der Waals surface area contributed by atoms with Crippen LogP contribution < -0.4 is 0 Å². The lowest BCUT2D eigenvalue weighted by molar-refractivity contribution is -0.870. The zero-order valence-electron chi connectivity index (χ0n) is 29.1. The summed E-state index contributed by atoms with van der Waals surface area (Å²) in [6.45, 7) is 12.9. The number of nitrogens with zero attached hydrogens (tertiary/aromatic N) is 1. The van der Waals surface area contributed by atoms with Crippen LogP contribution in [0, 0.1) is 46.3 Å². The number of hydrogen-bond donors (Lipinski definition) is 1. The van der Waals surface area contributed by atoms with E-state index in [1.165, 1.54) is 56.9 Å². The molecular formula is C35H64NO7P. The fourth-order valence-corrected chi connectivity index (χ4v) is 10.4. The molecule has 4 rings (SSSR count). The number of quaternary nitrogens is 1. The third-order valence-electron chi connectivity index (χ3n) is 12.1. The Morgan fingerprint density at radius 2 is 1.73 bits per heavy atom. The molecule has 0 aromatic rings. The van der Waals surface area contributed by atoms with Gasteiger partial charge in [0.25, 0.3) is 0 Å². The van der Waals surface area contributed by atoms with Crippen LogP contribution in [-0.2, 0) is 23.1 Å². The molecule has 4 aliphatic rings. The highest BCUT2D eigenvalue weighted by molar-refractivity contribution is 7.47. The molecule has 3 saturated carbocycles. The Hall–Kier alpha value is -0.760. The summed E-state index contributed by atoms with van der Waals surface area (Å²) in [5.41, 5.74) is 2.20. The van der Waals surface area contributed by atoms with Crippen molar-refractivity contribution >= 4 is 13.8 Å². The van der Waals surface area contributed by atoms with Crippen molar-refractivity contribution in [2.24, 2.45) is 46.3 Å². The van der Waals surface area contributed by atoms with Crippen LogP contribution in [0.3, 0.4) is 0 Å². The standard InChI is InChI=1S/C35H62NO6P.H2O/c1-25(2)10-9-11-26(3)30-14-15-31-29-13-12-27-24-28(16-19-34(27,4)32(29)17-20-35(30,31)5)42-33(37)18-22-40-43(38,39)41-23-21-36(6,7)8;/h12,25-26,28-32H,9-11,13-24H2,1-8H3;1H2/t26-,28+,29+,30-,31+,32+,34+,35-;/m1./s1. The predicted octanol–water partition coefficient (Wildman–Crippen LogP) is 7.99. The molecule has 9 heteroatoms. The number of rotatable bonds is 14. The van der Waals surface area contributed by atoms with Gasteiger partial charge in [0.05, 0.1) is 34.2 Å². The average Bonchev–Trinajstić information content (AvgIpc) is 3.25. The lowest BCUT2D eigenvalue weighted by atomic mass is 9.47. The molecule has 0 aromatic carbocycles. The number of esters is 1. The molecule has 0 aromatic heterocycles. The SMILES string of the molecule is CC(C)CCC[C@@H](C)[C@H]1CC[C@H]2[C@@H]3CC=C4C[C@@H](OC(=O)CCOP(=O)(O)OCC[N+](C)(C)C)CC[C@]4(C)[C@H]3CC[C@]12C.[OH-]. The summed E-state index contributed by atoms with van der Waals surface area (Å²) in [4.78, 5) is 22.5. The minimum absolute atomic E-state index is 0. The van der Waals surface area contributed by atoms with Crippen molar-refractivity contribution in [3.63, 3.8) is 0 Å². The minimum atomic E-state index is -4.18. The fraction of sp³-hybridized carbons (Fsp3) is 0.914. The van der Waals surface area contributed by atoms with Crippen LogP contribution in [-0.4, -0.2) is 67.8 Å². The van der Waals surface area contributed by atoms with Crippen LogP contribution >= 0.6 is 7.82 Å². The van der Waals surface area contributed by atoms with Crippen molar-refractivity contribution < 1.29 is 38.0 Å². The van der Waals surface area contributed by atoms with Crippen LogP contribution in [0.25, 0.3) is 0 Å². The lowest BCUT2D eigenvalue weighted by Gasteiger charge is -2.58. The molecule has 256 valence electrons. The molecule has 0 heterocycles. The Morgan fingerprint density at radius 3 is 2.41 bits per heavy atom. The fourth-order valence-electron chi connectivity index (χ4n) is 9.71. The Bertz CT molecular complexity index is 1040. The average molecular weight is 642 g/mol. The van der Waals surface area contributed by atoms with Crippen molar-refractivity contribution in [3.8, 4) is 0 Å². The Balaban J connectivity index is 0.00000529. The van der Waals surface area contributed by atoms with Crippen molar-refractivity contribution in [1.29, 1.82) is 0 Å². The summed E-state index contributed by atoms with van der Waals surface area (Å²) in [6, 6.07) is 0. The van der Waals surface area contributed by atoms with E-state index in [4.69, 9.17) is 13.8 Å². The van der Waals surface area contributed by atoms with E-state index < -0.39 is 7.82 Å². The minimum Gasteiger partial charge on any atom is -0.870 e. The molecule has 0 radical (unpaired) electrons. The summed E-state index contributed by atoms with van der Waals surface area (Å²) in [5, 5.41) is 0. The van der Waals surface area contributed by atoms with Crippen LogP contribution in [0.15, 0.2) is 11.6 Å². The van der Waals surface area contributed by atoms with Gasteiger partial charge in [-0.25, -0.2) is 4.57 Å². The number of carbonyl (C=O) groups excluding carboxylic acids is 1. The highest BCUT2D eigenvalue weighted by Gasteiger charge is 2.59. The third kappa shape index (κ3) is 8.98. The van der Waals surface area contributed by atoms with Gasteiger partial charge in [-0.15, -0.1) is 0 Å². The van der Waals surface area contributed by atoms with E-state index in [0.717, 1.165) is 54.8 Å². The van der Waals surface area contributed by atoms with E-state index >= 15 is 0 Å². The van der Waals surface area contributed by atoms with E-state index in [0.29, 0.717) is 16.4 Å². The Morgan fingerprint density at radius 1 is 1.02 bits per heavy atom.